The van der Waals surface area contributed by atoms with Crippen molar-refractivity contribution in [3.05, 3.63) is 89.2 Å². The molecule has 0 saturated carbocycles. The summed E-state index contributed by atoms with van der Waals surface area (Å²) in [5.74, 6) is -0.0843. The molecule has 0 fully saturated rings. The van der Waals surface area contributed by atoms with Crippen LogP contribution >= 0.6 is 0 Å². The monoisotopic (exact) mass is 347 g/mol. The molecule has 1 atom stereocenters. The highest BCUT2D eigenvalue weighted by atomic mass is 16.5. The van der Waals surface area contributed by atoms with Crippen LogP contribution < -0.4 is 5.32 Å². The van der Waals surface area contributed by atoms with Gasteiger partial charge in [-0.3, -0.25) is 9.48 Å². The fourth-order valence-electron chi connectivity index (χ4n) is 3.33. The number of nitrogens with one attached hydrogen (secondary N) is 1. The molecule has 0 radical (unpaired) electrons. The van der Waals surface area contributed by atoms with E-state index in [1.807, 2.05) is 53.3 Å². The number of aromatic nitrogens is 2. The number of benzene rings is 2. The number of amides is 1. The summed E-state index contributed by atoms with van der Waals surface area (Å²) in [6.07, 6.45) is 4.50. The normalized spacial score (nSPS) is 16.1. The molecule has 1 N–H and O–H groups in total. The largest absolute Gasteiger partial charge is 0.371 e. The summed E-state index contributed by atoms with van der Waals surface area (Å²) in [5, 5.41) is 7.21. The number of hydrogen-bond acceptors (Lipinski definition) is 3. The molecule has 26 heavy (non-hydrogen) atoms. The Hall–Kier alpha value is -2.92. The summed E-state index contributed by atoms with van der Waals surface area (Å²) in [6, 6.07) is 17.8. The third-order valence-electron chi connectivity index (χ3n) is 4.63. The van der Waals surface area contributed by atoms with Crippen molar-refractivity contribution < 1.29 is 9.53 Å². The van der Waals surface area contributed by atoms with E-state index < -0.39 is 0 Å². The molecule has 0 saturated heterocycles. The molecule has 4 rings (SSSR count). The molecule has 1 aliphatic rings. The maximum Gasteiger partial charge on any atom is 0.251 e. The molecule has 5 nitrogen and oxygen atoms in total. The molecule has 1 aliphatic heterocycles. The SMILES string of the molecule is O=C(NC[C@@H]1OCCc2ccccc21)c1cccc(Cn2cccn2)c1. The third kappa shape index (κ3) is 3.68. The first kappa shape index (κ1) is 16.5. The number of carbonyl (C=O) groups is 1. The lowest BCUT2D eigenvalue weighted by molar-refractivity contribution is 0.0411. The molecule has 0 bridgehead atoms. The number of ether oxygens (including phenoxy) is 1. The van der Waals surface area contributed by atoms with Crippen molar-refractivity contribution in [3.63, 3.8) is 0 Å². The van der Waals surface area contributed by atoms with Crippen LogP contribution in [-0.2, 0) is 17.7 Å². The summed E-state index contributed by atoms with van der Waals surface area (Å²) in [4.78, 5) is 12.6. The zero-order valence-electron chi connectivity index (χ0n) is 14.5. The molecule has 0 unspecified atom stereocenters. The summed E-state index contributed by atoms with van der Waals surface area (Å²) in [7, 11) is 0. The van der Waals surface area contributed by atoms with Gasteiger partial charge < -0.3 is 10.1 Å². The molecule has 3 aromatic rings. The van der Waals surface area contributed by atoms with Gasteiger partial charge in [0.25, 0.3) is 5.91 Å². The minimum atomic E-state index is -0.0869. The minimum absolute atomic E-state index is 0.0843. The lowest BCUT2D eigenvalue weighted by Gasteiger charge is -2.26. The van der Waals surface area contributed by atoms with Gasteiger partial charge in [-0.05, 0) is 41.3 Å². The van der Waals surface area contributed by atoms with Gasteiger partial charge in [0, 0.05) is 24.5 Å². The highest BCUT2D eigenvalue weighted by molar-refractivity contribution is 5.94. The van der Waals surface area contributed by atoms with Gasteiger partial charge in [-0.2, -0.15) is 5.10 Å². The summed E-state index contributed by atoms with van der Waals surface area (Å²) in [5.41, 5.74) is 4.17. The average Bonchev–Trinajstić information content (AvgIpc) is 3.19. The van der Waals surface area contributed by atoms with Crippen LogP contribution in [0.1, 0.15) is 33.2 Å². The summed E-state index contributed by atoms with van der Waals surface area (Å²) < 4.78 is 7.70. The van der Waals surface area contributed by atoms with Crippen LogP contribution in [0, 0.1) is 0 Å². The van der Waals surface area contributed by atoms with Crippen LogP contribution in [-0.4, -0.2) is 28.8 Å². The van der Waals surface area contributed by atoms with Gasteiger partial charge in [0.05, 0.1) is 13.2 Å². The van der Waals surface area contributed by atoms with E-state index in [1.165, 1.54) is 11.1 Å². The maximum atomic E-state index is 12.6. The highest BCUT2D eigenvalue weighted by Crippen LogP contribution is 2.26. The van der Waals surface area contributed by atoms with E-state index in [9.17, 15) is 4.79 Å². The lowest BCUT2D eigenvalue weighted by Crippen LogP contribution is -2.31. The van der Waals surface area contributed by atoms with Crippen molar-refractivity contribution in [2.75, 3.05) is 13.2 Å². The second kappa shape index (κ2) is 7.54. The first-order valence-corrected chi connectivity index (χ1v) is 8.83. The fourth-order valence-corrected chi connectivity index (χ4v) is 3.33. The van der Waals surface area contributed by atoms with E-state index in [4.69, 9.17) is 4.74 Å². The van der Waals surface area contributed by atoms with Gasteiger partial charge in [0.1, 0.15) is 6.10 Å². The van der Waals surface area contributed by atoms with Crippen molar-refractivity contribution in [2.45, 2.75) is 19.1 Å². The number of nitrogens with zero attached hydrogens (tertiary/aromatic N) is 2. The van der Waals surface area contributed by atoms with Crippen LogP contribution in [0.15, 0.2) is 67.0 Å². The second-order valence-corrected chi connectivity index (χ2v) is 6.42. The summed E-state index contributed by atoms with van der Waals surface area (Å²) in [6.45, 7) is 1.81. The van der Waals surface area contributed by atoms with Crippen LogP contribution in [0.4, 0.5) is 0 Å². The predicted molar refractivity (Wildman–Crippen MR) is 98.9 cm³/mol. The van der Waals surface area contributed by atoms with Crippen LogP contribution in [0.5, 0.6) is 0 Å². The number of fused-ring (bicyclic) bond motifs is 1. The zero-order valence-corrected chi connectivity index (χ0v) is 14.5. The molecule has 5 heteroatoms. The van der Waals surface area contributed by atoms with Crippen LogP contribution in [0.25, 0.3) is 0 Å². The molecule has 1 aromatic heterocycles. The molecular formula is C21H21N3O2. The standard InChI is InChI=1S/C21H21N3O2/c25-21(18-7-3-5-16(13-18)15-24-11-4-10-23-24)22-14-20-19-8-2-1-6-17(19)9-12-26-20/h1-8,10-11,13,20H,9,12,14-15H2,(H,22,25)/t20-/m0/s1. The second-order valence-electron chi connectivity index (χ2n) is 6.42. The van der Waals surface area contributed by atoms with Crippen molar-refractivity contribution in [2.24, 2.45) is 0 Å². The molecule has 1 amide bonds. The van der Waals surface area contributed by atoms with Gasteiger partial charge in [0.2, 0.25) is 0 Å². The van der Waals surface area contributed by atoms with Crippen LogP contribution in [0.3, 0.4) is 0 Å². The Morgan fingerprint density at radius 2 is 2.12 bits per heavy atom. The zero-order chi connectivity index (χ0) is 17.8. The van der Waals surface area contributed by atoms with Gasteiger partial charge >= 0.3 is 0 Å². The Labute approximate surface area is 152 Å². The Kier molecular flexibility index (Phi) is 4.80. The quantitative estimate of drug-likeness (QED) is 0.772. The van der Waals surface area contributed by atoms with Gasteiger partial charge in [-0.1, -0.05) is 36.4 Å². The van der Waals surface area contributed by atoms with E-state index in [2.05, 4.69) is 22.5 Å². The molecule has 2 aromatic carbocycles. The van der Waals surface area contributed by atoms with Crippen molar-refractivity contribution in [1.29, 1.82) is 0 Å². The van der Waals surface area contributed by atoms with E-state index >= 15 is 0 Å². The Bertz CT molecular complexity index is 890. The van der Waals surface area contributed by atoms with Crippen LogP contribution in [0.2, 0.25) is 0 Å². The smallest absolute Gasteiger partial charge is 0.251 e. The average molecular weight is 347 g/mol. The predicted octanol–water partition coefficient (Wildman–Crippen LogP) is 2.98. The number of hydrogen-bond donors (Lipinski definition) is 1. The number of rotatable bonds is 5. The van der Waals surface area contributed by atoms with Crippen molar-refractivity contribution >= 4 is 5.91 Å². The molecule has 0 spiro atoms. The maximum absolute atomic E-state index is 12.6. The highest BCUT2D eigenvalue weighted by Gasteiger charge is 2.21. The van der Waals surface area contributed by atoms with Gasteiger partial charge in [0.15, 0.2) is 0 Å². The Morgan fingerprint density at radius 1 is 1.19 bits per heavy atom. The summed E-state index contributed by atoms with van der Waals surface area (Å²) >= 11 is 0. The first-order chi connectivity index (χ1) is 12.8. The first-order valence-electron chi connectivity index (χ1n) is 8.83. The molecule has 132 valence electrons. The number of carbonyl (C=O) groups excluding carboxylic acids is 1. The third-order valence-corrected chi connectivity index (χ3v) is 4.63. The van der Waals surface area contributed by atoms with Gasteiger partial charge in [-0.25, -0.2) is 0 Å². The Balaban J connectivity index is 1.41. The van der Waals surface area contributed by atoms with E-state index in [1.54, 1.807) is 6.20 Å². The van der Waals surface area contributed by atoms with Crippen molar-refractivity contribution in [1.82, 2.24) is 15.1 Å². The molecule has 2 heterocycles. The van der Waals surface area contributed by atoms with E-state index in [-0.39, 0.29) is 12.0 Å². The van der Waals surface area contributed by atoms with Gasteiger partial charge in [-0.15, -0.1) is 0 Å². The lowest BCUT2D eigenvalue weighted by atomic mass is 9.97. The topological polar surface area (TPSA) is 56.1 Å². The van der Waals surface area contributed by atoms with E-state index in [0.29, 0.717) is 25.3 Å². The minimum Gasteiger partial charge on any atom is -0.371 e. The molecular weight excluding hydrogens is 326 g/mol. The fraction of sp³-hybridized carbons (Fsp3) is 0.238. The van der Waals surface area contributed by atoms with E-state index in [0.717, 1.165) is 12.0 Å². The van der Waals surface area contributed by atoms with Crippen molar-refractivity contribution in [3.8, 4) is 0 Å². The Morgan fingerprint density at radius 3 is 3.00 bits per heavy atom. The molecule has 0 aliphatic carbocycles.